The summed E-state index contributed by atoms with van der Waals surface area (Å²) in [6, 6.07) is 28.8. The van der Waals surface area contributed by atoms with Gasteiger partial charge in [0, 0.05) is 58.5 Å². The van der Waals surface area contributed by atoms with Crippen LogP contribution in [-0.4, -0.2) is 0 Å². The van der Waals surface area contributed by atoms with Crippen LogP contribution in [0, 0.1) is 23.7 Å². The molecule has 0 fully saturated rings. The molecule has 0 unspecified atom stereocenters. The van der Waals surface area contributed by atoms with Crippen LogP contribution in [0.15, 0.2) is 83.6 Å². The van der Waals surface area contributed by atoms with Crippen LogP contribution in [-0.2, 0) is 51.4 Å². The van der Waals surface area contributed by atoms with Crippen LogP contribution in [0.5, 0.6) is 0 Å². The van der Waals surface area contributed by atoms with E-state index in [0.717, 1.165) is 22.6 Å². The van der Waals surface area contributed by atoms with E-state index in [9.17, 15) is 0 Å². The highest BCUT2D eigenvalue weighted by atomic mass is 32.1. The maximum atomic E-state index is 3.54. The Morgan fingerprint density at radius 3 is 0.849 bits per heavy atom. The topological polar surface area (TPSA) is 0 Å². The van der Waals surface area contributed by atoms with E-state index in [1.165, 1.54) is 291 Å². The summed E-state index contributed by atoms with van der Waals surface area (Å²) in [5.41, 5.74) is 6.09. The SMILES string of the molecule is CCCCCCCCc1ccsc1-c1ccc(CCCCCc2ccc(-c3sc(C#CC#Cc4cc(CCCCCCCC)c(-c5ccc(CCCCCc6ccc(-c7sccc7CCCCCCCC)s6)s5)s4)cc3CCCCCCCC)s2)s1. The average molecular weight is 1300 g/mol. The predicted molar refractivity (Wildman–Crippen MR) is 395 cm³/mol. The number of rotatable bonds is 44. The molecule has 0 spiro atoms. The number of thiophene rings is 8. The zero-order valence-electron chi connectivity index (χ0n) is 53.2. The standard InChI is InChI=1S/C78H102S8/c1-5-9-13-17-21-27-37-61-55-57-79-75(61)71-51-47-65(81-71)41-31-25-33-43-67-49-53-73(83-67)77-63(39-29-23-19-15-11-7-3)59-69(85-77)45-35-36-46-70-60-64(40-30-24-20-16-12-8-4)78(86-70)74-54-50-68(84-74)44-34-26-32-42-66-48-52-72(82-66)76-62(56-58-80-76)38-28-22-18-14-10-6-2/h47-60H,5-34,37-44H2,1-4H3. The number of aryl methyl sites for hydroxylation is 8. The van der Waals surface area contributed by atoms with Gasteiger partial charge < -0.3 is 0 Å². The molecule has 0 radical (unpaired) electrons. The van der Waals surface area contributed by atoms with Gasteiger partial charge in [0.1, 0.15) is 0 Å². The Bertz CT molecular complexity index is 3010. The van der Waals surface area contributed by atoms with Crippen LogP contribution in [0.2, 0.25) is 0 Å². The Hall–Kier alpha value is -3.28. The summed E-state index contributed by atoms with van der Waals surface area (Å²) in [6.07, 6.45) is 49.2. The summed E-state index contributed by atoms with van der Waals surface area (Å²) in [5.74, 6) is 13.8. The molecule has 0 aliphatic carbocycles. The van der Waals surface area contributed by atoms with Crippen molar-refractivity contribution in [1.29, 1.82) is 0 Å². The van der Waals surface area contributed by atoms with Crippen molar-refractivity contribution in [2.45, 2.75) is 272 Å². The molecular weight excluding hydrogens is 1190 g/mol. The molecule has 8 rings (SSSR count). The minimum atomic E-state index is 1.13. The fraction of sp³-hybridized carbons (Fsp3) is 0.538. The Morgan fingerprint density at radius 1 is 0.256 bits per heavy atom. The molecule has 8 aromatic rings. The van der Waals surface area contributed by atoms with E-state index >= 15 is 0 Å². The van der Waals surface area contributed by atoms with E-state index in [2.05, 4.69) is 135 Å². The Balaban J connectivity index is 0.834. The van der Waals surface area contributed by atoms with Crippen LogP contribution in [0.1, 0.15) is 272 Å². The molecule has 0 aromatic carbocycles. The summed E-state index contributed by atoms with van der Waals surface area (Å²) in [5, 5.41) is 4.62. The van der Waals surface area contributed by atoms with Gasteiger partial charge in [0.15, 0.2) is 0 Å². The molecule has 8 aromatic heterocycles. The first-order chi connectivity index (χ1) is 42.5. The summed E-state index contributed by atoms with van der Waals surface area (Å²) >= 11 is 15.8. The van der Waals surface area contributed by atoms with Crippen molar-refractivity contribution in [3.05, 3.63) is 135 Å². The molecule has 0 nitrogen and oxygen atoms in total. The highest BCUT2D eigenvalue weighted by Crippen LogP contribution is 2.42. The van der Waals surface area contributed by atoms with Gasteiger partial charge in [-0.15, -0.1) is 90.7 Å². The van der Waals surface area contributed by atoms with Gasteiger partial charge in [0.2, 0.25) is 0 Å². The van der Waals surface area contributed by atoms with Gasteiger partial charge in [0.25, 0.3) is 0 Å². The molecule has 8 heteroatoms. The molecule has 0 atom stereocenters. The lowest BCUT2D eigenvalue weighted by molar-refractivity contribution is 0.608. The first kappa shape index (κ1) is 68.6. The fourth-order valence-corrected chi connectivity index (χ4v) is 20.8. The molecule has 0 saturated heterocycles. The van der Waals surface area contributed by atoms with Gasteiger partial charge in [-0.1, -0.05) is 169 Å². The van der Waals surface area contributed by atoms with Crippen LogP contribution in [0.3, 0.4) is 0 Å². The molecule has 0 aliphatic rings. The smallest absolute Gasteiger partial charge is 0.0788 e. The van der Waals surface area contributed by atoms with Gasteiger partial charge in [0.05, 0.1) is 9.75 Å². The molecule has 0 saturated carbocycles. The number of hydrogen-bond donors (Lipinski definition) is 0. The first-order valence-corrected chi connectivity index (χ1v) is 40.9. The average Bonchev–Trinajstić information content (AvgIpc) is 4.57. The van der Waals surface area contributed by atoms with Crippen molar-refractivity contribution < 1.29 is 0 Å². The monoisotopic (exact) mass is 1290 g/mol. The van der Waals surface area contributed by atoms with Crippen LogP contribution in [0.4, 0.5) is 0 Å². The van der Waals surface area contributed by atoms with Crippen molar-refractivity contribution in [2.24, 2.45) is 0 Å². The highest BCUT2D eigenvalue weighted by molar-refractivity contribution is 7.24. The quantitative estimate of drug-likeness (QED) is 0.0264. The van der Waals surface area contributed by atoms with E-state index in [4.69, 9.17) is 0 Å². The molecule has 0 N–H and O–H groups in total. The fourth-order valence-electron chi connectivity index (χ4n) is 11.9. The molecule has 8 heterocycles. The van der Waals surface area contributed by atoms with E-state index in [-0.39, 0.29) is 0 Å². The summed E-state index contributed by atoms with van der Waals surface area (Å²) in [7, 11) is 0. The summed E-state index contributed by atoms with van der Waals surface area (Å²) in [6.45, 7) is 9.23. The van der Waals surface area contributed by atoms with E-state index in [0.29, 0.717) is 0 Å². The predicted octanol–water partition coefficient (Wildman–Crippen LogP) is 27.8. The van der Waals surface area contributed by atoms with Gasteiger partial charge in [-0.05, 0) is 232 Å². The van der Waals surface area contributed by atoms with Crippen LogP contribution < -0.4 is 0 Å². The van der Waals surface area contributed by atoms with Crippen LogP contribution >= 0.6 is 90.7 Å². The largest absolute Gasteiger partial charge is 0.143 e. The number of unbranched alkanes of at least 4 members (excludes halogenated alkanes) is 24. The van der Waals surface area contributed by atoms with Gasteiger partial charge >= 0.3 is 0 Å². The van der Waals surface area contributed by atoms with E-state index in [1.54, 1.807) is 20.9 Å². The second-order valence-electron chi connectivity index (χ2n) is 24.2. The van der Waals surface area contributed by atoms with Crippen molar-refractivity contribution >= 4 is 90.7 Å². The van der Waals surface area contributed by atoms with Crippen molar-refractivity contribution in [3.8, 4) is 62.7 Å². The minimum Gasteiger partial charge on any atom is -0.143 e. The van der Waals surface area contributed by atoms with E-state index < -0.39 is 0 Å². The Kier molecular flexibility index (Phi) is 32.3. The lowest BCUT2D eigenvalue weighted by atomic mass is 10.0. The Morgan fingerprint density at radius 2 is 0.523 bits per heavy atom. The van der Waals surface area contributed by atoms with Crippen LogP contribution in [0.25, 0.3) is 39.0 Å². The third kappa shape index (κ3) is 23.5. The first-order valence-electron chi connectivity index (χ1n) is 34.3. The third-order valence-corrected chi connectivity index (χ3v) is 26.4. The second kappa shape index (κ2) is 40.5. The minimum absolute atomic E-state index is 1.13. The lowest BCUT2D eigenvalue weighted by Crippen LogP contribution is -1.86. The molecule has 0 amide bonds. The zero-order valence-corrected chi connectivity index (χ0v) is 59.8. The molecule has 86 heavy (non-hydrogen) atoms. The molecular formula is C78H102S8. The van der Waals surface area contributed by atoms with Crippen molar-refractivity contribution in [1.82, 2.24) is 0 Å². The molecule has 0 bridgehead atoms. The maximum Gasteiger partial charge on any atom is 0.0788 e. The third-order valence-electron chi connectivity index (χ3n) is 17.0. The zero-order chi connectivity index (χ0) is 59.6. The van der Waals surface area contributed by atoms with Crippen molar-refractivity contribution in [3.63, 3.8) is 0 Å². The second-order valence-corrected chi connectivity index (χ2v) is 32.8. The van der Waals surface area contributed by atoms with Gasteiger partial charge in [-0.3, -0.25) is 0 Å². The Labute approximate surface area is 555 Å². The molecule has 462 valence electrons. The highest BCUT2D eigenvalue weighted by Gasteiger charge is 2.17. The lowest BCUT2D eigenvalue weighted by Gasteiger charge is -2.03. The van der Waals surface area contributed by atoms with E-state index in [1.807, 2.05) is 90.7 Å². The van der Waals surface area contributed by atoms with Gasteiger partial charge in [-0.2, -0.15) is 0 Å². The van der Waals surface area contributed by atoms with Gasteiger partial charge in [-0.25, -0.2) is 0 Å². The normalized spacial score (nSPS) is 11.4. The molecule has 0 aliphatic heterocycles. The maximum absolute atomic E-state index is 3.54. The number of hydrogen-bond acceptors (Lipinski definition) is 8. The van der Waals surface area contributed by atoms with Crippen molar-refractivity contribution in [2.75, 3.05) is 0 Å². The summed E-state index contributed by atoms with van der Waals surface area (Å²) < 4.78 is 0. The summed E-state index contributed by atoms with van der Waals surface area (Å²) in [4.78, 5) is 20.2.